The number of rotatable bonds is 5. The lowest BCUT2D eigenvalue weighted by Crippen LogP contribution is -2.49. The SMILES string of the molecule is CCN(C)CC(=O)NC(C)(C#N)C1CC1. The molecule has 4 heteroatoms. The van der Waals surface area contributed by atoms with E-state index in [9.17, 15) is 4.79 Å². The van der Waals surface area contributed by atoms with Gasteiger partial charge in [-0.1, -0.05) is 6.92 Å². The standard InChI is InChI=1S/C11H19N3O/c1-4-14(3)7-10(15)13-11(2,8-12)9-5-6-9/h9H,4-7H2,1-3H3,(H,13,15). The van der Waals surface area contributed by atoms with Crippen LogP contribution >= 0.6 is 0 Å². The third kappa shape index (κ3) is 3.21. The maximum absolute atomic E-state index is 11.6. The van der Waals surface area contributed by atoms with Gasteiger partial charge in [0.2, 0.25) is 5.91 Å². The summed E-state index contributed by atoms with van der Waals surface area (Å²) in [5.74, 6) is 0.286. The highest BCUT2D eigenvalue weighted by Gasteiger charge is 2.42. The number of hydrogen-bond donors (Lipinski definition) is 1. The number of carbonyl (C=O) groups is 1. The zero-order valence-corrected chi connectivity index (χ0v) is 9.71. The zero-order valence-electron chi connectivity index (χ0n) is 9.71. The quantitative estimate of drug-likeness (QED) is 0.727. The first-order valence-corrected chi connectivity index (χ1v) is 5.42. The molecule has 1 fully saturated rings. The molecule has 0 aromatic rings. The van der Waals surface area contributed by atoms with Crippen molar-refractivity contribution in [3.8, 4) is 6.07 Å². The molecule has 1 saturated carbocycles. The fourth-order valence-corrected chi connectivity index (χ4v) is 1.57. The molecule has 0 heterocycles. The highest BCUT2D eigenvalue weighted by Crippen LogP contribution is 2.39. The van der Waals surface area contributed by atoms with Gasteiger partial charge in [0.05, 0.1) is 12.6 Å². The van der Waals surface area contributed by atoms with E-state index in [2.05, 4.69) is 11.4 Å². The van der Waals surface area contributed by atoms with Crippen molar-refractivity contribution in [1.29, 1.82) is 5.26 Å². The minimum atomic E-state index is -0.661. The lowest BCUT2D eigenvalue weighted by molar-refractivity contribution is -0.123. The Bertz CT molecular complexity index is 280. The first kappa shape index (κ1) is 12.0. The van der Waals surface area contributed by atoms with E-state index in [1.807, 2.05) is 25.8 Å². The summed E-state index contributed by atoms with van der Waals surface area (Å²) in [4.78, 5) is 13.5. The van der Waals surface area contributed by atoms with Gasteiger partial charge in [0.15, 0.2) is 0 Å². The summed E-state index contributed by atoms with van der Waals surface area (Å²) in [6.07, 6.45) is 2.10. The van der Waals surface area contributed by atoms with Gasteiger partial charge in [-0.25, -0.2) is 0 Å². The van der Waals surface area contributed by atoms with Crippen molar-refractivity contribution in [3.63, 3.8) is 0 Å². The summed E-state index contributed by atoms with van der Waals surface area (Å²) in [5, 5.41) is 11.9. The monoisotopic (exact) mass is 209 g/mol. The number of nitrogens with zero attached hydrogens (tertiary/aromatic N) is 2. The van der Waals surface area contributed by atoms with Crippen LogP contribution in [0, 0.1) is 17.2 Å². The summed E-state index contributed by atoms with van der Waals surface area (Å²) < 4.78 is 0. The lowest BCUT2D eigenvalue weighted by atomic mass is 9.98. The van der Waals surface area contributed by atoms with Crippen LogP contribution in [0.4, 0.5) is 0 Å². The Kier molecular flexibility index (Phi) is 3.70. The van der Waals surface area contributed by atoms with Gasteiger partial charge in [0.1, 0.15) is 5.54 Å². The van der Waals surface area contributed by atoms with Crippen molar-refractivity contribution < 1.29 is 4.79 Å². The van der Waals surface area contributed by atoms with Crippen molar-refractivity contribution in [2.75, 3.05) is 20.1 Å². The van der Waals surface area contributed by atoms with E-state index in [-0.39, 0.29) is 5.91 Å². The first-order valence-electron chi connectivity index (χ1n) is 5.42. The topological polar surface area (TPSA) is 56.1 Å². The van der Waals surface area contributed by atoms with Crippen molar-refractivity contribution >= 4 is 5.91 Å². The van der Waals surface area contributed by atoms with Crippen LogP contribution in [-0.4, -0.2) is 36.5 Å². The van der Waals surface area contributed by atoms with Crippen molar-refractivity contribution in [2.45, 2.75) is 32.2 Å². The maximum Gasteiger partial charge on any atom is 0.235 e. The molecule has 0 aromatic heterocycles. The number of hydrogen-bond acceptors (Lipinski definition) is 3. The number of nitrogens with one attached hydrogen (secondary N) is 1. The van der Waals surface area contributed by atoms with Crippen LogP contribution in [0.3, 0.4) is 0 Å². The molecular weight excluding hydrogens is 190 g/mol. The Balaban J connectivity index is 2.45. The Morgan fingerprint density at radius 3 is 2.67 bits per heavy atom. The number of nitriles is 1. The molecule has 1 amide bonds. The smallest absolute Gasteiger partial charge is 0.235 e. The van der Waals surface area contributed by atoms with Gasteiger partial charge in [0.25, 0.3) is 0 Å². The minimum absolute atomic E-state index is 0.0599. The third-order valence-corrected chi connectivity index (χ3v) is 2.98. The van der Waals surface area contributed by atoms with Crippen molar-refractivity contribution in [1.82, 2.24) is 10.2 Å². The molecular formula is C11H19N3O. The van der Waals surface area contributed by atoms with Crippen LogP contribution in [-0.2, 0) is 4.79 Å². The van der Waals surface area contributed by atoms with Gasteiger partial charge in [0, 0.05) is 0 Å². The summed E-state index contributed by atoms with van der Waals surface area (Å²) in [5.41, 5.74) is -0.661. The Morgan fingerprint density at radius 1 is 1.67 bits per heavy atom. The Labute approximate surface area is 91.2 Å². The minimum Gasteiger partial charge on any atom is -0.337 e. The normalized spacial score (nSPS) is 19.4. The van der Waals surface area contributed by atoms with E-state index in [4.69, 9.17) is 5.26 Å². The second-order valence-electron chi connectivity index (χ2n) is 4.47. The van der Waals surface area contributed by atoms with Crippen molar-refractivity contribution in [3.05, 3.63) is 0 Å². The van der Waals surface area contributed by atoms with Gasteiger partial charge in [-0.15, -0.1) is 0 Å². The van der Waals surface area contributed by atoms with Crippen LogP contribution < -0.4 is 5.32 Å². The second-order valence-corrected chi connectivity index (χ2v) is 4.47. The molecule has 4 nitrogen and oxygen atoms in total. The fraction of sp³-hybridized carbons (Fsp3) is 0.818. The maximum atomic E-state index is 11.6. The largest absolute Gasteiger partial charge is 0.337 e. The summed E-state index contributed by atoms with van der Waals surface area (Å²) in [7, 11) is 1.89. The molecule has 1 rings (SSSR count). The molecule has 0 saturated heterocycles. The molecule has 0 radical (unpaired) electrons. The van der Waals surface area contributed by atoms with Gasteiger partial charge in [-0.3, -0.25) is 9.69 Å². The van der Waals surface area contributed by atoms with Gasteiger partial charge >= 0.3 is 0 Å². The molecule has 84 valence electrons. The molecule has 1 unspecified atom stereocenters. The van der Waals surface area contributed by atoms with Crippen molar-refractivity contribution in [2.24, 2.45) is 5.92 Å². The van der Waals surface area contributed by atoms with Crippen LogP contribution in [0.15, 0.2) is 0 Å². The molecule has 0 aliphatic heterocycles. The number of amides is 1. The van der Waals surface area contributed by atoms with Crippen LogP contribution in [0.5, 0.6) is 0 Å². The highest BCUT2D eigenvalue weighted by molar-refractivity contribution is 5.79. The predicted octanol–water partition coefficient (Wildman–Crippen LogP) is 0.747. The number of carbonyl (C=O) groups excluding carboxylic acids is 1. The Hall–Kier alpha value is -1.08. The molecule has 15 heavy (non-hydrogen) atoms. The van der Waals surface area contributed by atoms with Gasteiger partial charge < -0.3 is 5.32 Å². The lowest BCUT2D eigenvalue weighted by Gasteiger charge is -2.24. The molecule has 0 bridgehead atoms. The number of likely N-dealkylation sites (N-methyl/N-ethyl adjacent to an activating group) is 1. The van der Waals surface area contributed by atoms with E-state index in [1.165, 1.54) is 0 Å². The molecule has 1 aliphatic carbocycles. The van der Waals surface area contributed by atoms with Gasteiger partial charge in [-0.05, 0) is 39.3 Å². The summed E-state index contributed by atoms with van der Waals surface area (Å²) >= 11 is 0. The molecule has 1 N–H and O–H groups in total. The second kappa shape index (κ2) is 4.63. The third-order valence-electron chi connectivity index (χ3n) is 2.98. The van der Waals surface area contributed by atoms with E-state index in [0.29, 0.717) is 12.5 Å². The highest BCUT2D eigenvalue weighted by atomic mass is 16.2. The van der Waals surface area contributed by atoms with Crippen LogP contribution in [0.25, 0.3) is 0 Å². The average Bonchev–Trinajstić information content (AvgIpc) is 3.00. The van der Waals surface area contributed by atoms with Crippen LogP contribution in [0.1, 0.15) is 26.7 Å². The van der Waals surface area contributed by atoms with E-state index < -0.39 is 5.54 Å². The molecule has 0 aromatic carbocycles. The van der Waals surface area contributed by atoms with Crippen LogP contribution in [0.2, 0.25) is 0 Å². The summed E-state index contributed by atoms with van der Waals surface area (Å²) in [6.45, 7) is 5.01. The molecule has 1 atom stereocenters. The summed E-state index contributed by atoms with van der Waals surface area (Å²) in [6, 6.07) is 2.21. The van der Waals surface area contributed by atoms with Gasteiger partial charge in [-0.2, -0.15) is 5.26 Å². The van der Waals surface area contributed by atoms with E-state index in [0.717, 1.165) is 19.4 Å². The predicted molar refractivity (Wildman–Crippen MR) is 58.1 cm³/mol. The zero-order chi connectivity index (χ0) is 11.5. The fourth-order valence-electron chi connectivity index (χ4n) is 1.57. The van der Waals surface area contributed by atoms with E-state index in [1.54, 1.807) is 0 Å². The average molecular weight is 209 g/mol. The first-order chi connectivity index (χ1) is 7.01. The molecule has 0 spiro atoms. The molecule has 1 aliphatic rings. The van der Waals surface area contributed by atoms with E-state index >= 15 is 0 Å². The Morgan fingerprint density at radius 2 is 2.27 bits per heavy atom.